The molecule has 0 aromatic heterocycles. The minimum absolute atomic E-state index is 0.0486. The Hall–Kier alpha value is -1.36. The number of sulfone groups is 1. The van der Waals surface area contributed by atoms with Gasteiger partial charge in [-0.1, -0.05) is 30.3 Å². The molecule has 98 valence electrons. The van der Waals surface area contributed by atoms with Gasteiger partial charge in [0.1, 0.15) is 9.84 Å². The predicted molar refractivity (Wildman–Crippen MR) is 69.7 cm³/mol. The first-order valence-electron chi connectivity index (χ1n) is 5.97. The minimum Gasteiger partial charge on any atom is -0.334 e. The predicted octanol–water partition coefficient (Wildman–Crippen LogP) is 1.22. The molecule has 1 fully saturated rings. The van der Waals surface area contributed by atoms with Gasteiger partial charge in [0.05, 0.1) is 5.75 Å². The van der Waals surface area contributed by atoms with Gasteiger partial charge in [-0.05, 0) is 12.0 Å². The van der Waals surface area contributed by atoms with Gasteiger partial charge in [-0.3, -0.25) is 4.79 Å². The first-order valence-corrected chi connectivity index (χ1v) is 8.03. The van der Waals surface area contributed by atoms with Crippen molar-refractivity contribution in [2.45, 2.75) is 25.4 Å². The van der Waals surface area contributed by atoms with Crippen LogP contribution < -0.4 is 0 Å². The summed E-state index contributed by atoms with van der Waals surface area (Å²) in [6.07, 6.45) is 2.31. The van der Waals surface area contributed by atoms with Crippen molar-refractivity contribution in [3.8, 4) is 0 Å². The van der Waals surface area contributed by atoms with Crippen molar-refractivity contribution in [2.24, 2.45) is 0 Å². The maximum Gasteiger partial charge on any atom is 0.223 e. The Kier molecular flexibility index (Phi) is 3.71. The fourth-order valence-electron chi connectivity index (χ4n) is 2.31. The highest BCUT2D eigenvalue weighted by Crippen LogP contribution is 2.22. The lowest BCUT2D eigenvalue weighted by molar-refractivity contribution is -0.129. The fourth-order valence-corrected chi connectivity index (χ4v) is 3.36. The van der Waals surface area contributed by atoms with Gasteiger partial charge in [0.25, 0.3) is 0 Å². The van der Waals surface area contributed by atoms with Crippen LogP contribution in [0.3, 0.4) is 0 Å². The van der Waals surface area contributed by atoms with E-state index >= 15 is 0 Å². The van der Waals surface area contributed by atoms with E-state index in [-0.39, 0.29) is 17.7 Å². The lowest BCUT2D eigenvalue weighted by Crippen LogP contribution is -2.36. The zero-order valence-electron chi connectivity index (χ0n) is 10.4. The molecule has 1 saturated heterocycles. The number of carbonyl (C=O) groups is 1. The maximum absolute atomic E-state index is 11.8. The second kappa shape index (κ2) is 5.10. The quantitative estimate of drug-likeness (QED) is 0.824. The first kappa shape index (κ1) is 13.1. The molecule has 1 aromatic carbocycles. The molecule has 1 amide bonds. The molecule has 0 spiro atoms. The summed E-state index contributed by atoms with van der Waals surface area (Å²) in [6, 6.07) is 9.48. The zero-order chi connectivity index (χ0) is 13.2. The Bertz CT molecular complexity index is 524. The molecule has 0 bridgehead atoms. The number of hydrogen-bond donors (Lipinski definition) is 0. The van der Waals surface area contributed by atoms with E-state index < -0.39 is 9.84 Å². The summed E-state index contributed by atoms with van der Waals surface area (Å²) in [5.74, 6) is 0.110. The summed E-state index contributed by atoms with van der Waals surface area (Å²) < 4.78 is 22.7. The van der Waals surface area contributed by atoms with E-state index in [2.05, 4.69) is 0 Å². The number of benzene rings is 1. The van der Waals surface area contributed by atoms with E-state index in [1.54, 1.807) is 4.90 Å². The smallest absolute Gasteiger partial charge is 0.223 e. The lowest BCUT2D eigenvalue weighted by Gasteiger charge is -2.24. The Morgan fingerprint density at radius 1 is 1.28 bits per heavy atom. The monoisotopic (exact) mass is 267 g/mol. The van der Waals surface area contributed by atoms with Gasteiger partial charge in [0.15, 0.2) is 0 Å². The summed E-state index contributed by atoms with van der Waals surface area (Å²) in [6.45, 7) is 0.500. The van der Waals surface area contributed by atoms with Crippen LogP contribution in [0.15, 0.2) is 30.3 Å². The molecule has 4 nitrogen and oxygen atoms in total. The van der Waals surface area contributed by atoms with Crippen molar-refractivity contribution < 1.29 is 13.2 Å². The number of rotatable bonds is 4. The molecule has 18 heavy (non-hydrogen) atoms. The number of likely N-dealkylation sites (tertiary alicyclic amines) is 1. The molecule has 0 N–H and O–H groups in total. The molecule has 0 radical (unpaired) electrons. The molecular weight excluding hydrogens is 250 g/mol. The van der Waals surface area contributed by atoms with Gasteiger partial charge in [0.2, 0.25) is 5.91 Å². The standard InChI is InChI=1S/C13H17NO3S/c1-18(16,17)10-12-7-8-13(15)14(12)9-11-5-3-2-4-6-11/h2-6,12H,7-10H2,1H3/t12-/m1/s1. The molecule has 0 unspecified atom stereocenters. The Balaban J connectivity index is 2.11. The summed E-state index contributed by atoms with van der Waals surface area (Å²) in [5.41, 5.74) is 1.03. The number of nitrogens with zero attached hydrogens (tertiary/aromatic N) is 1. The second-order valence-corrected chi connectivity index (χ2v) is 6.98. The Labute approximate surface area is 108 Å². The zero-order valence-corrected chi connectivity index (χ0v) is 11.2. The van der Waals surface area contributed by atoms with E-state index in [0.717, 1.165) is 5.56 Å². The maximum atomic E-state index is 11.8. The van der Waals surface area contributed by atoms with Gasteiger partial charge >= 0.3 is 0 Å². The topological polar surface area (TPSA) is 54.5 Å². The van der Waals surface area contributed by atoms with E-state index in [0.29, 0.717) is 19.4 Å². The van der Waals surface area contributed by atoms with Gasteiger partial charge in [-0.25, -0.2) is 8.42 Å². The number of amides is 1. The largest absolute Gasteiger partial charge is 0.334 e. The lowest BCUT2D eigenvalue weighted by atomic mass is 10.2. The summed E-state index contributed by atoms with van der Waals surface area (Å²) >= 11 is 0. The molecule has 5 heteroatoms. The van der Waals surface area contributed by atoms with Crippen LogP contribution in [-0.4, -0.2) is 37.3 Å². The fraction of sp³-hybridized carbons (Fsp3) is 0.462. The Morgan fingerprint density at radius 3 is 2.56 bits per heavy atom. The van der Waals surface area contributed by atoms with Crippen molar-refractivity contribution in [1.82, 2.24) is 4.90 Å². The Morgan fingerprint density at radius 2 is 1.94 bits per heavy atom. The molecule has 1 aliphatic heterocycles. The molecule has 1 atom stereocenters. The van der Waals surface area contributed by atoms with Crippen molar-refractivity contribution in [2.75, 3.05) is 12.0 Å². The first-order chi connectivity index (χ1) is 8.46. The second-order valence-electron chi connectivity index (χ2n) is 4.79. The van der Waals surface area contributed by atoms with Crippen LogP contribution in [-0.2, 0) is 21.2 Å². The van der Waals surface area contributed by atoms with Crippen molar-refractivity contribution in [3.63, 3.8) is 0 Å². The average molecular weight is 267 g/mol. The van der Waals surface area contributed by atoms with Crippen molar-refractivity contribution in [3.05, 3.63) is 35.9 Å². The van der Waals surface area contributed by atoms with Gasteiger partial charge < -0.3 is 4.90 Å². The summed E-state index contributed by atoms with van der Waals surface area (Å²) in [4.78, 5) is 13.5. The highest BCUT2D eigenvalue weighted by atomic mass is 32.2. The molecule has 2 rings (SSSR count). The molecule has 0 aliphatic carbocycles. The highest BCUT2D eigenvalue weighted by molar-refractivity contribution is 7.90. The molecule has 1 aliphatic rings. The van der Waals surface area contributed by atoms with Gasteiger partial charge in [-0.15, -0.1) is 0 Å². The van der Waals surface area contributed by atoms with E-state index in [9.17, 15) is 13.2 Å². The molecule has 0 saturated carbocycles. The van der Waals surface area contributed by atoms with Crippen LogP contribution in [0, 0.1) is 0 Å². The van der Waals surface area contributed by atoms with Crippen LogP contribution in [0.2, 0.25) is 0 Å². The van der Waals surface area contributed by atoms with Gasteiger partial charge in [0, 0.05) is 25.3 Å². The third kappa shape index (κ3) is 3.32. The SMILES string of the molecule is CS(=O)(=O)C[C@H]1CCC(=O)N1Cc1ccccc1. The van der Waals surface area contributed by atoms with E-state index in [4.69, 9.17) is 0 Å². The van der Waals surface area contributed by atoms with E-state index in [1.807, 2.05) is 30.3 Å². The molecule has 1 heterocycles. The van der Waals surface area contributed by atoms with E-state index in [1.165, 1.54) is 6.26 Å². The number of carbonyl (C=O) groups excluding carboxylic acids is 1. The van der Waals surface area contributed by atoms with Crippen LogP contribution >= 0.6 is 0 Å². The minimum atomic E-state index is -3.05. The van der Waals surface area contributed by atoms with Crippen LogP contribution in [0.1, 0.15) is 18.4 Å². The van der Waals surface area contributed by atoms with Crippen LogP contribution in [0.5, 0.6) is 0 Å². The summed E-state index contributed by atoms with van der Waals surface area (Å²) in [5, 5.41) is 0. The van der Waals surface area contributed by atoms with Crippen LogP contribution in [0.25, 0.3) is 0 Å². The summed E-state index contributed by atoms with van der Waals surface area (Å²) in [7, 11) is -3.05. The third-order valence-corrected chi connectivity index (χ3v) is 4.13. The van der Waals surface area contributed by atoms with Crippen molar-refractivity contribution in [1.29, 1.82) is 0 Å². The normalized spacial score (nSPS) is 20.4. The van der Waals surface area contributed by atoms with Crippen molar-refractivity contribution >= 4 is 15.7 Å². The highest BCUT2D eigenvalue weighted by Gasteiger charge is 2.32. The van der Waals surface area contributed by atoms with Crippen LogP contribution in [0.4, 0.5) is 0 Å². The number of hydrogen-bond acceptors (Lipinski definition) is 3. The van der Waals surface area contributed by atoms with Gasteiger partial charge in [-0.2, -0.15) is 0 Å². The molecular formula is C13H17NO3S. The third-order valence-electron chi connectivity index (χ3n) is 3.14. The molecule has 1 aromatic rings. The average Bonchev–Trinajstić information content (AvgIpc) is 2.61.